The maximum Gasteiger partial charge on any atom is 0.519 e. The van der Waals surface area contributed by atoms with E-state index in [2.05, 4.69) is 125 Å². The third-order valence-electron chi connectivity index (χ3n) is 6.40. The van der Waals surface area contributed by atoms with Crippen molar-refractivity contribution in [2.24, 2.45) is 3.77 Å². The molecule has 0 aromatic heterocycles. The van der Waals surface area contributed by atoms with Gasteiger partial charge in [-0.2, -0.15) is 34.8 Å². The van der Waals surface area contributed by atoms with Gasteiger partial charge < -0.3 is 9.62 Å². The molecule has 265 valence electrons. The van der Waals surface area contributed by atoms with Crippen molar-refractivity contribution in [3.63, 3.8) is 0 Å². The zero-order valence-electron chi connectivity index (χ0n) is 27.6. The summed E-state index contributed by atoms with van der Waals surface area (Å²) < 4.78 is 108. The molecule has 0 saturated carbocycles. The van der Waals surface area contributed by atoms with Crippen molar-refractivity contribution < 1.29 is 64.6 Å². The van der Waals surface area contributed by atoms with Gasteiger partial charge in [-0.25, -0.2) is 4.21 Å². The molecular weight excluding hydrogens is 864 g/mol. The van der Waals surface area contributed by atoms with Gasteiger partial charge in [-0.05, 0) is 32.8 Å². The zero-order valence-corrected chi connectivity index (χ0v) is 33.3. The zero-order chi connectivity index (χ0) is 35.1. The molecule has 0 aliphatic carbocycles. The number of benzene rings is 1. The van der Waals surface area contributed by atoms with Crippen LogP contribution in [0.1, 0.15) is 83.1 Å². The van der Waals surface area contributed by atoms with Crippen LogP contribution in [0.3, 0.4) is 0 Å². The van der Waals surface area contributed by atoms with Crippen molar-refractivity contribution in [2.75, 3.05) is 22.2 Å². The Morgan fingerprint density at radius 1 is 0.667 bits per heavy atom. The van der Waals surface area contributed by atoms with Crippen LogP contribution in [0.15, 0.2) is 28.0 Å². The molecule has 1 unspecified atom stereocenters. The maximum absolute atomic E-state index is 11.5. The number of hydrogen-bond acceptors (Lipinski definition) is 5. The van der Waals surface area contributed by atoms with E-state index in [1.165, 1.54) is 11.4 Å². The van der Waals surface area contributed by atoms with Gasteiger partial charge in [0.1, 0.15) is 0 Å². The number of anilines is 2. The van der Waals surface area contributed by atoms with Crippen molar-refractivity contribution in [2.45, 2.75) is 115 Å². The molecule has 1 aliphatic heterocycles. The van der Waals surface area contributed by atoms with Crippen LogP contribution in [0.4, 0.5) is 37.7 Å². The summed E-state index contributed by atoms with van der Waals surface area (Å²) in [5, 5.41) is 1.31. The number of sulfonamides is 1. The van der Waals surface area contributed by atoms with Gasteiger partial charge in [-0.1, -0.05) is 115 Å². The molecule has 1 aliphatic rings. The summed E-state index contributed by atoms with van der Waals surface area (Å²) in [7, 11) is -11.1. The average molecular weight is 910 g/mol. The van der Waals surface area contributed by atoms with E-state index in [0.717, 1.165) is 16.3 Å². The number of rotatable bonds is 5. The van der Waals surface area contributed by atoms with Crippen LogP contribution < -0.4 is 9.62 Å². The maximum atomic E-state index is 11.5. The van der Waals surface area contributed by atoms with Crippen LogP contribution in [0, 0.1) is 0 Å². The first kappa shape index (κ1) is 44.9. The van der Waals surface area contributed by atoms with E-state index < -0.39 is 31.0 Å². The predicted octanol–water partition coefficient (Wildman–Crippen LogP) is 9.21. The van der Waals surface area contributed by atoms with Crippen LogP contribution in [-0.4, -0.2) is 68.9 Å². The molecule has 1 atom stereocenters. The molecule has 45 heavy (non-hydrogen) atoms. The predicted molar refractivity (Wildman–Crippen MR) is 174 cm³/mol. The van der Waals surface area contributed by atoms with Gasteiger partial charge in [0.15, 0.2) is 0 Å². The van der Waals surface area contributed by atoms with E-state index in [1.54, 1.807) is 0 Å². The molecule has 1 radical (unpaired) electrons. The van der Waals surface area contributed by atoms with Crippen LogP contribution in [0.2, 0.25) is 0 Å². The number of para-hydroxylation sites is 2. The summed E-state index contributed by atoms with van der Waals surface area (Å²) in [6.45, 7) is 29.0. The molecule has 0 amide bonds. The van der Waals surface area contributed by atoms with Crippen molar-refractivity contribution >= 4 is 54.8 Å². The van der Waals surface area contributed by atoms with Gasteiger partial charge in [0.2, 0.25) is 0 Å². The van der Waals surface area contributed by atoms with Gasteiger partial charge >= 0.3 is 28.6 Å². The fourth-order valence-corrected chi connectivity index (χ4v) is 13.4. The van der Waals surface area contributed by atoms with Crippen LogP contribution >= 0.6 is 15.8 Å². The monoisotopic (exact) mass is 909 g/mol. The summed E-state index contributed by atoms with van der Waals surface area (Å²) in [5.74, 6) is 0. The Kier molecular flexibility index (Phi) is 14.7. The number of nitrogens with zero attached hydrogens (tertiary/aromatic N) is 3. The van der Waals surface area contributed by atoms with E-state index in [-0.39, 0.29) is 36.9 Å². The first-order valence-corrected chi connectivity index (χ1v) is 19.5. The largest absolute Gasteiger partial charge is 0.519 e. The van der Waals surface area contributed by atoms with Gasteiger partial charge in [0.25, 0.3) is 10.0 Å². The normalized spacial score (nSPS) is 16.4. The SMILES string of the molecule is CC(C)(C)P(CN1[B]N(CP(C(C)(C)C)C(C)(C)C)c2ccccc21)C(C)(C)C.O=S(=O)(N=S(=O)(O)C(F)(F)F)C(F)(F)F.[Pt]. The molecule has 0 bridgehead atoms. The number of fused-ring (bicyclic) bond motifs is 1. The van der Waals surface area contributed by atoms with Crippen molar-refractivity contribution in [1.82, 2.24) is 0 Å². The fourth-order valence-electron chi connectivity index (χ4n) is 4.85. The molecule has 19 heteroatoms. The second kappa shape index (κ2) is 14.8. The van der Waals surface area contributed by atoms with Crippen LogP contribution in [0.5, 0.6) is 0 Å². The van der Waals surface area contributed by atoms with E-state index in [1.807, 2.05) is 0 Å². The minimum absolute atomic E-state index is 0. The van der Waals surface area contributed by atoms with Gasteiger partial charge in [-0.15, -0.1) is 0 Å². The topological polar surface area (TPSA) is 90.3 Å². The van der Waals surface area contributed by atoms with Crippen LogP contribution in [-0.2, 0) is 41.1 Å². The minimum Gasteiger partial charge on any atom is -0.393 e. The Hall–Kier alpha value is -0.127. The number of alkyl halides is 6. The first-order valence-electron chi connectivity index (χ1n) is 13.5. The van der Waals surface area contributed by atoms with Crippen molar-refractivity contribution in [3.05, 3.63) is 24.3 Å². The van der Waals surface area contributed by atoms with Crippen molar-refractivity contribution in [1.29, 1.82) is 0 Å². The third-order valence-corrected chi connectivity index (χ3v) is 16.8. The van der Waals surface area contributed by atoms with Crippen molar-refractivity contribution in [3.8, 4) is 0 Å². The summed E-state index contributed by atoms with van der Waals surface area (Å²) in [5.41, 5.74) is -9.49. The smallest absolute Gasteiger partial charge is 0.393 e. The summed E-state index contributed by atoms with van der Waals surface area (Å²) in [6, 6.07) is 8.99. The molecule has 1 aromatic carbocycles. The standard InChI is InChI=1S/C24H44BN2P2.C2HF6NO4S2.Pt/c1-21(2,3)28(22(4,5)6)17-26-19-15-13-14-16-20(19)27(25-26)18-29(23(7,8)9)24(10,11)12;3-1(4,5)14(10,11)9-15(12,13)2(6,7)8;/h13-16H,17-18H2,1-12H3;(H,9,10,11);. The van der Waals surface area contributed by atoms with Gasteiger partial charge in [0, 0.05) is 45.0 Å². The molecule has 1 N–H and O–H groups in total. The minimum atomic E-state index is -6.66. The molecular formula is C26H45BF6N3O4P2PtS2. The quantitative estimate of drug-likeness (QED) is 0.180. The summed E-state index contributed by atoms with van der Waals surface area (Å²) in [4.78, 5) is 5.10. The third kappa shape index (κ3) is 12.4. The van der Waals surface area contributed by atoms with Crippen LogP contribution in [0.25, 0.3) is 0 Å². The Morgan fingerprint density at radius 3 is 1.18 bits per heavy atom. The molecule has 0 spiro atoms. The van der Waals surface area contributed by atoms with E-state index in [4.69, 9.17) is 4.55 Å². The number of halogens is 6. The van der Waals surface area contributed by atoms with E-state index in [9.17, 15) is 39.0 Å². The Bertz CT molecular complexity index is 1290. The van der Waals surface area contributed by atoms with E-state index in [0.29, 0.717) is 20.6 Å². The van der Waals surface area contributed by atoms with Gasteiger partial charge in [-0.3, -0.25) is 4.55 Å². The van der Waals surface area contributed by atoms with Gasteiger partial charge in [0.05, 0.1) is 0 Å². The Balaban J connectivity index is 0.00000103. The molecule has 2 rings (SSSR count). The molecule has 1 heterocycles. The Morgan fingerprint density at radius 2 is 0.956 bits per heavy atom. The molecule has 0 saturated heterocycles. The summed E-state index contributed by atoms with van der Waals surface area (Å²) >= 11 is 0. The average Bonchev–Trinajstić information content (AvgIpc) is 3.08. The Labute approximate surface area is 283 Å². The second-order valence-corrected chi connectivity index (χ2v) is 25.4. The molecule has 0 fully saturated rings. The molecule has 7 nitrogen and oxygen atoms in total. The molecule has 1 aromatic rings. The first-order chi connectivity index (χ1) is 19.1. The number of hydrogen-bond donors (Lipinski definition) is 1. The summed E-state index contributed by atoms with van der Waals surface area (Å²) in [6.07, 6.45) is 2.25. The van der Waals surface area contributed by atoms with E-state index >= 15 is 0 Å². The fraction of sp³-hybridized carbons (Fsp3) is 0.769. The second-order valence-electron chi connectivity index (χ2n) is 14.3.